The van der Waals surface area contributed by atoms with Crippen LogP contribution in [0.25, 0.3) is 0 Å². The number of carbonyl (C=O) groups excluding carboxylic acids is 1. The zero-order chi connectivity index (χ0) is 12.2. The lowest BCUT2D eigenvalue weighted by molar-refractivity contribution is 0.135. The van der Waals surface area contributed by atoms with Gasteiger partial charge in [-0.2, -0.15) is 0 Å². The number of nitrogens with two attached hydrogens (primary N) is 1. The maximum Gasteiger partial charge on any atom is 0.410 e. The third-order valence-corrected chi connectivity index (χ3v) is 4.33. The predicted molar refractivity (Wildman–Crippen MR) is 59.8 cm³/mol. The Bertz CT molecular complexity index is 341. The molecule has 1 unspecified atom stereocenters. The molecule has 1 fully saturated rings. The summed E-state index contributed by atoms with van der Waals surface area (Å²) in [7, 11) is -2.95. The quantitative estimate of drug-likeness (QED) is 0.692. The molecule has 1 aliphatic rings. The van der Waals surface area contributed by atoms with Crippen LogP contribution in [0.4, 0.5) is 4.79 Å². The van der Waals surface area contributed by atoms with E-state index in [0.29, 0.717) is 26.1 Å². The topological polar surface area (TPSA) is 89.7 Å². The maximum atomic E-state index is 11.3. The Balaban J connectivity index is 2.31. The molecule has 1 aliphatic heterocycles. The van der Waals surface area contributed by atoms with Gasteiger partial charge in [-0.05, 0) is 6.42 Å². The summed E-state index contributed by atoms with van der Waals surface area (Å²) in [6.45, 7) is 2.79. The molecule has 2 N–H and O–H groups in total. The summed E-state index contributed by atoms with van der Waals surface area (Å²) in [5, 5.41) is 0. The van der Waals surface area contributed by atoms with Crippen LogP contribution < -0.4 is 5.73 Å². The normalized spacial score (nSPS) is 21.2. The lowest BCUT2D eigenvalue weighted by atomic mass is 10.3. The second-order valence-electron chi connectivity index (χ2n) is 3.78. The molecule has 0 spiro atoms. The van der Waals surface area contributed by atoms with Crippen LogP contribution in [0.1, 0.15) is 13.3 Å². The van der Waals surface area contributed by atoms with E-state index in [0.717, 1.165) is 0 Å². The molecule has 0 aliphatic carbocycles. The Morgan fingerprint density at radius 1 is 1.56 bits per heavy atom. The molecule has 94 valence electrons. The first-order valence-electron chi connectivity index (χ1n) is 5.34. The van der Waals surface area contributed by atoms with Gasteiger partial charge in [-0.3, -0.25) is 0 Å². The molecule has 6 nitrogen and oxygen atoms in total. The van der Waals surface area contributed by atoms with Gasteiger partial charge in [0.05, 0.1) is 12.3 Å². The molecule has 1 heterocycles. The first kappa shape index (κ1) is 13.2. The van der Waals surface area contributed by atoms with E-state index in [1.54, 1.807) is 6.92 Å². The second-order valence-corrected chi connectivity index (χ2v) is 6.25. The number of hydrogen-bond acceptors (Lipinski definition) is 5. The van der Waals surface area contributed by atoms with Gasteiger partial charge in [-0.15, -0.1) is 0 Å². The van der Waals surface area contributed by atoms with E-state index in [1.165, 1.54) is 4.90 Å². The zero-order valence-electron chi connectivity index (χ0n) is 9.39. The average molecular weight is 250 g/mol. The van der Waals surface area contributed by atoms with E-state index in [-0.39, 0.29) is 17.6 Å². The fourth-order valence-electron chi connectivity index (χ4n) is 1.50. The number of hydrogen-bond donors (Lipinski definition) is 1. The van der Waals surface area contributed by atoms with Gasteiger partial charge in [-0.1, -0.05) is 6.92 Å². The van der Waals surface area contributed by atoms with Crippen molar-refractivity contribution in [2.24, 2.45) is 5.73 Å². The number of amides is 1. The van der Waals surface area contributed by atoms with Gasteiger partial charge in [0.15, 0.2) is 0 Å². The Hall–Kier alpha value is -0.820. The molecular weight excluding hydrogens is 232 g/mol. The van der Waals surface area contributed by atoms with E-state index >= 15 is 0 Å². The van der Waals surface area contributed by atoms with Crippen LogP contribution in [0.2, 0.25) is 0 Å². The van der Waals surface area contributed by atoms with Crippen molar-refractivity contribution in [2.75, 3.05) is 31.1 Å². The minimum Gasteiger partial charge on any atom is -0.443 e. The van der Waals surface area contributed by atoms with Crippen molar-refractivity contribution in [3.05, 3.63) is 0 Å². The van der Waals surface area contributed by atoms with Crippen molar-refractivity contribution in [1.82, 2.24) is 4.90 Å². The molecule has 1 atom stereocenters. The molecule has 0 aromatic carbocycles. The summed E-state index contributed by atoms with van der Waals surface area (Å²) in [4.78, 5) is 12.8. The molecule has 16 heavy (non-hydrogen) atoms. The van der Waals surface area contributed by atoms with Gasteiger partial charge >= 0.3 is 6.09 Å². The van der Waals surface area contributed by atoms with Gasteiger partial charge in [-0.25, -0.2) is 13.2 Å². The van der Waals surface area contributed by atoms with Crippen molar-refractivity contribution in [3.63, 3.8) is 0 Å². The van der Waals surface area contributed by atoms with Crippen molar-refractivity contribution in [2.45, 2.75) is 19.4 Å². The van der Waals surface area contributed by atoms with Crippen molar-refractivity contribution >= 4 is 15.9 Å². The highest BCUT2D eigenvalue weighted by atomic mass is 32.2. The summed E-state index contributed by atoms with van der Waals surface area (Å²) in [6.07, 6.45) is -0.206. The van der Waals surface area contributed by atoms with Gasteiger partial charge in [0.1, 0.15) is 15.9 Å². The van der Waals surface area contributed by atoms with Crippen LogP contribution in [0.3, 0.4) is 0 Å². The predicted octanol–water partition coefficient (Wildman–Crippen LogP) is -0.409. The summed E-state index contributed by atoms with van der Waals surface area (Å²) in [6, 6.07) is 0. The highest BCUT2D eigenvalue weighted by Crippen LogP contribution is 2.10. The number of cyclic esters (lactones) is 1. The number of ether oxygens (including phenoxy) is 1. The number of rotatable bonds is 6. The van der Waals surface area contributed by atoms with E-state index in [2.05, 4.69) is 0 Å². The van der Waals surface area contributed by atoms with E-state index < -0.39 is 15.9 Å². The smallest absolute Gasteiger partial charge is 0.410 e. The second kappa shape index (κ2) is 5.49. The summed E-state index contributed by atoms with van der Waals surface area (Å²) in [5.41, 5.74) is 5.38. The van der Waals surface area contributed by atoms with Crippen LogP contribution in [0, 0.1) is 0 Å². The third-order valence-electron chi connectivity index (χ3n) is 2.54. The molecule has 1 rings (SSSR count). The van der Waals surface area contributed by atoms with Gasteiger partial charge < -0.3 is 15.4 Å². The largest absolute Gasteiger partial charge is 0.443 e. The Labute approximate surface area is 95.7 Å². The molecule has 7 heteroatoms. The van der Waals surface area contributed by atoms with Gasteiger partial charge in [0.25, 0.3) is 0 Å². The minimum absolute atomic E-state index is 0.112. The molecule has 1 saturated heterocycles. The van der Waals surface area contributed by atoms with Crippen molar-refractivity contribution in [1.29, 1.82) is 0 Å². The van der Waals surface area contributed by atoms with Crippen LogP contribution >= 0.6 is 0 Å². The SMILES string of the molecule is CCS(=O)(=O)CCCN1CC(CN)OC1=O. The lowest BCUT2D eigenvalue weighted by Gasteiger charge is -2.11. The highest BCUT2D eigenvalue weighted by Gasteiger charge is 2.29. The number of nitrogens with zero attached hydrogens (tertiary/aromatic N) is 1. The monoisotopic (exact) mass is 250 g/mol. The number of carbonyl (C=O) groups is 1. The maximum absolute atomic E-state index is 11.3. The molecule has 1 amide bonds. The Kier molecular flexibility index (Phi) is 4.55. The van der Waals surface area contributed by atoms with Crippen LogP contribution in [0.15, 0.2) is 0 Å². The molecule has 0 aromatic heterocycles. The first-order valence-corrected chi connectivity index (χ1v) is 7.16. The van der Waals surface area contributed by atoms with Crippen molar-refractivity contribution < 1.29 is 17.9 Å². The zero-order valence-corrected chi connectivity index (χ0v) is 10.2. The first-order chi connectivity index (χ1) is 7.48. The van der Waals surface area contributed by atoms with Gasteiger partial charge in [0.2, 0.25) is 0 Å². The fraction of sp³-hybridized carbons (Fsp3) is 0.889. The van der Waals surface area contributed by atoms with Crippen LogP contribution in [0.5, 0.6) is 0 Å². The Morgan fingerprint density at radius 3 is 2.75 bits per heavy atom. The van der Waals surface area contributed by atoms with Crippen LogP contribution in [-0.2, 0) is 14.6 Å². The molecule has 0 saturated carbocycles. The van der Waals surface area contributed by atoms with E-state index in [4.69, 9.17) is 10.5 Å². The van der Waals surface area contributed by atoms with E-state index in [9.17, 15) is 13.2 Å². The number of sulfone groups is 1. The lowest BCUT2D eigenvalue weighted by Crippen LogP contribution is -2.29. The molecule has 0 radical (unpaired) electrons. The molecular formula is C9H18N2O4S. The van der Waals surface area contributed by atoms with E-state index in [1.807, 2.05) is 0 Å². The summed E-state index contributed by atoms with van der Waals surface area (Å²) >= 11 is 0. The van der Waals surface area contributed by atoms with Crippen LogP contribution in [-0.4, -0.2) is 56.7 Å². The average Bonchev–Trinajstić information content (AvgIpc) is 2.60. The summed E-state index contributed by atoms with van der Waals surface area (Å²) in [5.74, 6) is 0.253. The molecule has 0 aromatic rings. The fourth-order valence-corrected chi connectivity index (χ4v) is 2.36. The molecule has 0 bridgehead atoms. The highest BCUT2D eigenvalue weighted by molar-refractivity contribution is 7.91. The standard InChI is InChI=1S/C9H18N2O4S/c1-2-16(13,14)5-3-4-11-7-8(6-10)15-9(11)12/h8H,2-7,10H2,1H3. The minimum atomic E-state index is -2.95. The third kappa shape index (κ3) is 3.64. The Morgan fingerprint density at radius 2 is 2.25 bits per heavy atom. The van der Waals surface area contributed by atoms with Crippen molar-refractivity contribution in [3.8, 4) is 0 Å². The summed E-state index contributed by atoms with van der Waals surface area (Å²) < 4.78 is 27.4. The van der Waals surface area contributed by atoms with Gasteiger partial charge in [0, 0.05) is 18.8 Å².